The van der Waals surface area contributed by atoms with E-state index in [1.807, 2.05) is 27.6 Å². The minimum Gasteiger partial charge on any atom is -0.355 e. The first-order valence-electron chi connectivity index (χ1n) is 13.5. The van der Waals surface area contributed by atoms with Crippen LogP contribution in [0.3, 0.4) is 0 Å². The second kappa shape index (κ2) is 12.9. The van der Waals surface area contributed by atoms with Crippen molar-refractivity contribution in [1.29, 1.82) is 0 Å². The fourth-order valence-electron chi connectivity index (χ4n) is 5.58. The molecule has 1 amide bonds. The summed E-state index contributed by atoms with van der Waals surface area (Å²) in [7, 11) is 0. The highest BCUT2D eigenvalue weighted by Gasteiger charge is 2.31. The number of carbonyl (C=O) groups is 1. The fourth-order valence-corrected chi connectivity index (χ4v) is 6.09. The van der Waals surface area contributed by atoms with E-state index < -0.39 is 23.1 Å². The van der Waals surface area contributed by atoms with E-state index >= 15 is 0 Å². The molecule has 0 atom stereocenters. The van der Waals surface area contributed by atoms with Crippen LogP contribution < -0.4 is 21.7 Å². The summed E-state index contributed by atoms with van der Waals surface area (Å²) < 4.78 is 49.9. The molecule has 5 rings (SSSR count). The maximum atomic E-state index is 14.6. The molecule has 40 heavy (non-hydrogen) atoms. The van der Waals surface area contributed by atoms with Crippen LogP contribution in [0, 0.1) is 23.4 Å². The van der Waals surface area contributed by atoms with Crippen molar-refractivity contribution in [3.05, 3.63) is 35.8 Å². The van der Waals surface area contributed by atoms with Gasteiger partial charge in [-0.1, -0.05) is 0 Å². The molecular formula is C26H32F3IN8O2. The number of nitrogens with one attached hydrogen (secondary N) is 3. The van der Waals surface area contributed by atoms with E-state index in [0.717, 1.165) is 25.7 Å². The van der Waals surface area contributed by atoms with E-state index in [1.165, 1.54) is 0 Å². The highest BCUT2D eigenvalue weighted by atomic mass is 127. The Balaban J connectivity index is 1.44. The maximum Gasteiger partial charge on any atom is 0.224 e. The smallest absolute Gasteiger partial charge is 0.224 e. The van der Waals surface area contributed by atoms with E-state index in [9.17, 15) is 18.0 Å². The number of carbonyl (C=O) groups excluding carboxylic acids is 1. The summed E-state index contributed by atoms with van der Waals surface area (Å²) in [5.41, 5.74) is 5.95. The van der Waals surface area contributed by atoms with Gasteiger partial charge in [-0.05, 0) is 51.4 Å². The second-order valence-corrected chi connectivity index (χ2v) is 10.9. The van der Waals surface area contributed by atoms with Crippen LogP contribution >= 0.6 is 23.0 Å². The van der Waals surface area contributed by atoms with Crippen molar-refractivity contribution in [2.45, 2.75) is 69.6 Å². The van der Waals surface area contributed by atoms with Gasteiger partial charge in [0.25, 0.3) is 0 Å². The Bertz CT molecular complexity index is 1320. The topological polar surface area (TPSA) is 132 Å². The Morgan fingerprint density at radius 3 is 2.40 bits per heavy atom. The molecule has 0 radical (unpaired) electrons. The molecule has 2 aliphatic rings. The quantitative estimate of drug-likeness (QED) is 0.237. The second-order valence-electron chi connectivity index (χ2n) is 10.4. The monoisotopic (exact) mass is 672 g/mol. The first-order chi connectivity index (χ1) is 19.4. The first-order valence-corrected chi connectivity index (χ1v) is 14.4. The predicted molar refractivity (Wildman–Crippen MR) is 153 cm³/mol. The van der Waals surface area contributed by atoms with Gasteiger partial charge >= 0.3 is 0 Å². The predicted octanol–water partition coefficient (Wildman–Crippen LogP) is 4.88. The molecule has 5 N–H and O–H groups in total. The zero-order valence-corrected chi connectivity index (χ0v) is 24.0. The van der Waals surface area contributed by atoms with Crippen molar-refractivity contribution in [3.63, 3.8) is 0 Å². The Kier molecular flexibility index (Phi) is 9.25. The molecule has 2 saturated carbocycles. The van der Waals surface area contributed by atoms with Gasteiger partial charge in [-0.25, -0.2) is 23.1 Å². The molecule has 0 unspecified atom stereocenters. The van der Waals surface area contributed by atoms with Crippen LogP contribution in [-0.2, 0) is 7.86 Å². The van der Waals surface area contributed by atoms with Gasteiger partial charge in [0.2, 0.25) is 17.8 Å². The van der Waals surface area contributed by atoms with Gasteiger partial charge in [-0.2, -0.15) is 4.98 Å². The minimum atomic E-state index is -1.07. The number of amides is 1. The van der Waals surface area contributed by atoms with Gasteiger partial charge in [0, 0.05) is 43.2 Å². The number of anilines is 3. The zero-order valence-electron chi connectivity index (χ0n) is 21.8. The minimum absolute atomic E-state index is 0.0234. The average Bonchev–Trinajstić information content (AvgIpc) is 3.31. The number of hydrogen-bond acceptors (Lipinski definition) is 8. The molecule has 1 aromatic carbocycles. The lowest BCUT2D eigenvalue weighted by molar-refractivity contribution is -0.126. The van der Waals surface area contributed by atoms with E-state index in [0.29, 0.717) is 68.0 Å². The Labute approximate surface area is 243 Å². The summed E-state index contributed by atoms with van der Waals surface area (Å²) >= 11 is 1.94. The lowest BCUT2D eigenvalue weighted by Crippen LogP contribution is -2.36. The third-order valence-electron chi connectivity index (χ3n) is 7.69. The number of fused-ring (bicyclic) bond motifs is 1. The van der Waals surface area contributed by atoms with Gasteiger partial charge < -0.3 is 24.8 Å². The van der Waals surface area contributed by atoms with Crippen LogP contribution in [0.1, 0.15) is 57.4 Å². The summed E-state index contributed by atoms with van der Waals surface area (Å²) in [5, 5.41) is 8.99. The molecule has 14 heteroatoms. The van der Waals surface area contributed by atoms with Crippen LogP contribution in [0.5, 0.6) is 0 Å². The molecule has 2 heterocycles. The fraction of sp³-hybridized carbons (Fsp3) is 0.538. The summed E-state index contributed by atoms with van der Waals surface area (Å²) in [5.74, 6) is -2.72. The molecule has 216 valence electrons. The van der Waals surface area contributed by atoms with Gasteiger partial charge in [-0.15, -0.1) is 0 Å². The number of imidazole rings is 1. The number of nitrogens with two attached hydrogens (primary N) is 1. The van der Waals surface area contributed by atoms with Gasteiger partial charge in [0.05, 0.1) is 12.3 Å². The molecule has 2 aliphatic carbocycles. The number of hydrogen-bond donors (Lipinski definition) is 4. The summed E-state index contributed by atoms with van der Waals surface area (Å²) in [6, 6.07) is 1.28. The van der Waals surface area contributed by atoms with Crippen LogP contribution in [0.4, 0.5) is 30.8 Å². The number of nitrogens with zero attached hydrogens (tertiary/aromatic N) is 4. The van der Waals surface area contributed by atoms with Crippen LogP contribution in [-0.4, -0.2) is 50.7 Å². The van der Waals surface area contributed by atoms with Gasteiger partial charge in [-0.3, -0.25) is 9.36 Å². The molecular weight excluding hydrogens is 640 g/mol. The van der Waals surface area contributed by atoms with Gasteiger partial charge in [0.15, 0.2) is 17.3 Å². The lowest BCUT2D eigenvalue weighted by atomic mass is 9.85. The molecule has 0 aliphatic heterocycles. The van der Waals surface area contributed by atoms with Crippen LogP contribution in [0.25, 0.3) is 11.2 Å². The molecule has 2 aromatic heterocycles. The number of halogens is 4. The highest BCUT2D eigenvalue weighted by molar-refractivity contribution is 14.1. The van der Waals surface area contributed by atoms with Crippen molar-refractivity contribution in [2.24, 2.45) is 11.7 Å². The largest absolute Gasteiger partial charge is 0.355 e. The molecule has 2 fully saturated rings. The summed E-state index contributed by atoms with van der Waals surface area (Å²) in [4.78, 5) is 26.3. The standard InChI is InChI=1S/C26H32F3IN8O2/c27-15-11-19(28)22(20(29)12-15)36-26-35-21-13-33-25(34-16-3-7-18(40-30)8-4-16)37-23(21)38(26)17-5-1-14(2-6-17)24(39)32-10-9-31/h11-14,16-18H,1-10,31H2,(H,32,39)(H,35,36)(H,33,34,37)/t14-,16-,17+,18-. The van der Waals surface area contributed by atoms with E-state index in [1.54, 1.807) is 6.20 Å². The van der Waals surface area contributed by atoms with Crippen LogP contribution in [0.15, 0.2) is 18.3 Å². The lowest BCUT2D eigenvalue weighted by Gasteiger charge is -2.30. The molecule has 10 nitrogen and oxygen atoms in total. The maximum absolute atomic E-state index is 14.6. The Morgan fingerprint density at radius 2 is 1.75 bits per heavy atom. The summed E-state index contributed by atoms with van der Waals surface area (Å²) in [6.45, 7) is 0.796. The number of benzene rings is 1. The van der Waals surface area contributed by atoms with E-state index in [2.05, 4.69) is 25.9 Å². The van der Waals surface area contributed by atoms with E-state index in [-0.39, 0.29) is 36.0 Å². The third-order valence-corrected chi connectivity index (χ3v) is 8.41. The number of rotatable bonds is 9. The Morgan fingerprint density at radius 1 is 1.05 bits per heavy atom. The Hall–Kier alpha value is -2.72. The SMILES string of the molecule is NCCNC(=O)[C@H]1CC[C@@H](n2c(Nc3c(F)cc(F)cc3F)nc3cnc(N[C@H]4CC[C@H](OI)CC4)nc32)CC1. The normalized spacial score (nSPS) is 23.2. The highest BCUT2D eigenvalue weighted by Crippen LogP contribution is 2.38. The average molecular weight is 672 g/mol. The van der Waals surface area contributed by atoms with Crippen molar-refractivity contribution < 1.29 is 21.0 Å². The molecule has 0 bridgehead atoms. The van der Waals surface area contributed by atoms with Gasteiger partial charge in [0.1, 0.15) is 40.0 Å². The molecule has 0 saturated heterocycles. The van der Waals surface area contributed by atoms with Crippen molar-refractivity contribution >= 4 is 57.7 Å². The zero-order chi connectivity index (χ0) is 28.2. The van der Waals surface area contributed by atoms with Crippen molar-refractivity contribution in [3.8, 4) is 0 Å². The molecule has 3 aromatic rings. The molecule has 0 spiro atoms. The van der Waals surface area contributed by atoms with E-state index in [4.69, 9.17) is 13.8 Å². The third kappa shape index (κ3) is 6.43. The van der Waals surface area contributed by atoms with Crippen LogP contribution in [0.2, 0.25) is 0 Å². The number of aromatic nitrogens is 4. The summed E-state index contributed by atoms with van der Waals surface area (Å²) in [6.07, 6.45) is 8.03. The van der Waals surface area contributed by atoms with Crippen molar-refractivity contribution in [1.82, 2.24) is 24.8 Å². The first kappa shape index (κ1) is 28.8. The van der Waals surface area contributed by atoms with Crippen molar-refractivity contribution in [2.75, 3.05) is 23.7 Å².